The van der Waals surface area contributed by atoms with Gasteiger partial charge in [0.15, 0.2) is 0 Å². The van der Waals surface area contributed by atoms with Gasteiger partial charge in [-0.15, -0.1) is 0 Å². The van der Waals surface area contributed by atoms with Crippen molar-refractivity contribution >= 4 is 17.7 Å². The second-order valence-electron chi connectivity index (χ2n) is 6.27. The van der Waals surface area contributed by atoms with Gasteiger partial charge in [0.1, 0.15) is 5.82 Å². The molecule has 0 spiro atoms. The van der Waals surface area contributed by atoms with Crippen molar-refractivity contribution in [2.45, 2.75) is 12.8 Å². The Kier molecular flexibility index (Phi) is 5.07. The lowest BCUT2D eigenvalue weighted by Crippen LogP contribution is -2.37. The molecule has 4 heterocycles. The summed E-state index contributed by atoms with van der Waals surface area (Å²) in [6.45, 7) is 5.02. The molecule has 2 aliphatic heterocycles. The van der Waals surface area contributed by atoms with Crippen LogP contribution in [-0.4, -0.2) is 66.0 Å². The topological polar surface area (TPSA) is 111 Å². The Balaban J connectivity index is 1.79. The highest BCUT2D eigenvalue weighted by Crippen LogP contribution is 2.30. The van der Waals surface area contributed by atoms with Crippen LogP contribution < -0.4 is 16.0 Å². The Labute approximate surface area is 152 Å². The quantitative estimate of drug-likeness (QED) is 0.803. The van der Waals surface area contributed by atoms with E-state index in [1.165, 1.54) is 0 Å². The summed E-state index contributed by atoms with van der Waals surface area (Å²) in [5, 5.41) is 3.41. The van der Waals surface area contributed by atoms with Crippen molar-refractivity contribution in [2.24, 2.45) is 0 Å². The number of ether oxygens (including phenoxy) is 2. The zero-order valence-corrected chi connectivity index (χ0v) is 14.6. The number of nitrogens with two attached hydrogens (primary N) is 1. The SMILES string of the molecule is Nc1ncc(-c2nc(N3CCOCC3)nc3c2CCCOCCN3)cn1. The Morgan fingerprint density at radius 1 is 1.00 bits per heavy atom. The molecule has 0 bridgehead atoms. The molecule has 9 nitrogen and oxygen atoms in total. The molecule has 0 atom stereocenters. The van der Waals surface area contributed by atoms with Crippen molar-refractivity contribution < 1.29 is 9.47 Å². The second-order valence-corrected chi connectivity index (χ2v) is 6.27. The van der Waals surface area contributed by atoms with Gasteiger partial charge in [0.05, 0.1) is 25.5 Å². The van der Waals surface area contributed by atoms with Crippen LogP contribution in [0.5, 0.6) is 0 Å². The molecule has 4 rings (SSSR count). The smallest absolute Gasteiger partial charge is 0.228 e. The van der Waals surface area contributed by atoms with E-state index < -0.39 is 0 Å². The first-order valence-electron chi connectivity index (χ1n) is 8.94. The highest BCUT2D eigenvalue weighted by molar-refractivity contribution is 5.70. The summed E-state index contributed by atoms with van der Waals surface area (Å²) < 4.78 is 11.1. The Bertz CT molecular complexity index is 748. The Hall–Kier alpha value is -2.52. The molecule has 2 aromatic heterocycles. The van der Waals surface area contributed by atoms with Crippen molar-refractivity contribution in [1.29, 1.82) is 0 Å². The zero-order valence-electron chi connectivity index (χ0n) is 14.6. The minimum absolute atomic E-state index is 0.252. The lowest BCUT2D eigenvalue weighted by atomic mass is 10.0. The molecule has 0 radical (unpaired) electrons. The zero-order chi connectivity index (χ0) is 17.8. The third-order valence-corrected chi connectivity index (χ3v) is 4.49. The summed E-state index contributed by atoms with van der Waals surface area (Å²) in [6, 6.07) is 0. The molecule has 0 amide bonds. The molecular formula is C17H23N7O2. The maximum absolute atomic E-state index is 5.65. The third-order valence-electron chi connectivity index (χ3n) is 4.49. The largest absolute Gasteiger partial charge is 0.380 e. The van der Waals surface area contributed by atoms with Gasteiger partial charge in [-0.2, -0.15) is 4.98 Å². The normalized spacial score (nSPS) is 18.2. The predicted octanol–water partition coefficient (Wildman–Crippen LogP) is 0.727. The van der Waals surface area contributed by atoms with E-state index in [0.29, 0.717) is 32.3 Å². The Morgan fingerprint density at radius 2 is 1.77 bits per heavy atom. The molecule has 138 valence electrons. The van der Waals surface area contributed by atoms with Gasteiger partial charge in [-0.3, -0.25) is 0 Å². The second kappa shape index (κ2) is 7.79. The lowest BCUT2D eigenvalue weighted by Gasteiger charge is -2.28. The number of aromatic nitrogens is 4. The number of nitrogens with one attached hydrogen (secondary N) is 1. The standard InChI is InChI=1S/C17H23N7O2/c18-16-20-10-12(11-21-16)14-13-2-1-6-25-7-3-19-15(13)23-17(22-14)24-4-8-26-9-5-24/h10-11H,1-9H2,(H2,18,20,21)(H,19,22,23). The van der Waals surface area contributed by atoms with Crippen molar-refractivity contribution in [2.75, 3.05) is 62.0 Å². The minimum Gasteiger partial charge on any atom is -0.380 e. The van der Waals surface area contributed by atoms with E-state index in [0.717, 1.165) is 55.2 Å². The average molecular weight is 357 g/mol. The number of rotatable bonds is 2. The summed E-state index contributed by atoms with van der Waals surface area (Å²) >= 11 is 0. The number of morpholine rings is 1. The van der Waals surface area contributed by atoms with Crippen LogP contribution in [0.4, 0.5) is 17.7 Å². The van der Waals surface area contributed by atoms with Crippen LogP contribution in [0, 0.1) is 0 Å². The monoisotopic (exact) mass is 357 g/mol. The number of anilines is 3. The first-order valence-corrected chi connectivity index (χ1v) is 8.94. The molecule has 0 saturated carbocycles. The summed E-state index contributed by atoms with van der Waals surface area (Å²) in [5.41, 5.74) is 8.41. The van der Waals surface area contributed by atoms with Crippen LogP contribution in [0.25, 0.3) is 11.3 Å². The van der Waals surface area contributed by atoms with Crippen LogP contribution >= 0.6 is 0 Å². The molecule has 1 fully saturated rings. The van der Waals surface area contributed by atoms with E-state index >= 15 is 0 Å². The van der Waals surface area contributed by atoms with Gasteiger partial charge in [-0.05, 0) is 12.8 Å². The van der Waals surface area contributed by atoms with Crippen LogP contribution in [0.15, 0.2) is 12.4 Å². The molecule has 3 N–H and O–H groups in total. The number of nitrogens with zero attached hydrogens (tertiary/aromatic N) is 5. The highest BCUT2D eigenvalue weighted by atomic mass is 16.5. The van der Waals surface area contributed by atoms with Crippen LogP contribution in [-0.2, 0) is 15.9 Å². The number of hydrogen-bond acceptors (Lipinski definition) is 9. The first kappa shape index (κ1) is 16.9. The molecule has 0 unspecified atom stereocenters. The van der Waals surface area contributed by atoms with E-state index in [2.05, 4.69) is 20.2 Å². The fourth-order valence-electron chi connectivity index (χ4n) is 3.15. The van der Waals surface area contributed by atoms with Crippen molar-refractivity contribution in [3.05, 3.63) is 18.0 Å². The summed E-state index contributed by atoms with van der Waals surface area (Å²) in [6.07, 6.45) is 5.18. The average Bonchev–Trinajstić information content (AvgIpc) is 2.80. The molecule has 1 saturated heterocycles. The maximum Gasteiger partial charge on any atom is 0.228 e. The lowest BCUT2D eigenvalue weighted by molar-refractivity contribution is 0.122. The fourth-order valence-corrected chi connectivity index (χ4v) is 3.15. The van der Waals surface area contributed by atoms with E-state index in [4.69, 9.17) is 25.2 Å². The van der Waals surface area contributed by atoms with Gasteiger partial charge in [-0.25, -0.2) is 15.0 Å². The predicted molar refractivity (Wildman–Crippen MR) is 98.1 cm³/mol. The fraction of sp³-hybridized carbons (Fsp3) is 0.529. The minimum atomic E-state index is 0.252. The van der Waals surface area contributed by atoms with Gasteiger partial charge < -0.3 is 25.4 Å². The molecule has 0 aliphatic carbocycles. The molecular weight excluding hydrogens is 334 g/mol. The number of fused-ring (bicyclic) bond motifs is 1. The number of hydrogen-bond donors (Lipinski definition) is 2. The van der Waals surface area contributed by atoms with Crippen LogP contribution in [0.2, 0.25) is 0 Å². The van der Waals surface area contributed by atoms with Gasteiger partial charge in [0, 0.05) is 49.8 Å². The molecule has 0 aromatic carbocycles. The molecule has 2 aliphatic rings. The molecule has 26 heavy (non-hydrogen) atoms. The van der Waals surface area contributed by atoms with Gasteiger partial charge in [-0.1, -0.05) is 0 Å². The van der Waals surface area contributed by atoms with Gasteiger partial charge >= 0.3 is 0 Å². The Morgan fingerprint density at radius 3 is 2.58 bits per heavy atom. The number of nitrogen functional groups attached to an aromatic ring is 1. The highest BCUT2D eigenvalue weighted by Gasteiger charge is 2.21. The van der Waals surface area contributed by atoms with E-state index in [9.17, 15) is 0 Å². The third kappa shape index (κ3) is 3.68. The van der Waals surface area contributed by atoms with E-state index in [1.54, 1.807) is 12.4 Å². The van der Waals surface area contributed by atoms with Crippen molar-refractivity contribution in [3.8, 4) is 11.3 Å². The van der Waals surface area contributed by atoms with Gasteiger partial charge in [0.2, 0.25) is 11.9 Å². The molecule has 2 aromatic rings. The van der Waals surface area contributed by atoms with Crippen molar-refractivity contribution in [1.82, 2.24) is 19.9 Å². The van der Waals surface area contributed by atoms with E-state index in [1.807, 2.05) is 0 Å². The van der Waals surface area contributed by atoms with Crippen LogP contribution in [0.3, 0.4) is 0 Å². The van der Waals surface area contributed by atoms with E-state index in [-0.39, 0.29) is 5.95 Å². The van der Waals surface area contributed by atoms with Crippen LogP contribution in [0.1, 0.15) is 12.0 Å². The summed E-state index contributed by atoms with van der Waals surface area (Å²) in [7, 11) is 0. The van der Waals surface area contributed by atoms with Crippen molar-refractivity contribution in [3.63, 3.8) is 0 Å². The first-order chi connectivity index (χ1) is 12.8. The van der Waals surface area contributed by atoms with Gasteiger partial charge in [0.25, 0.3) is 0 Å². The summed E-state index contributed by atoms with van der Waals surface area (Å²) in [4.78, 5) is 20.1. The maximum atomic E-state index is 5.65. The summed E-state index contributed by atoms with van der Waals surface area (Å²) in [5.74, 6) is 1.81. The molecule has 9 heteroatoms.